The molecule has 1 atom stereocenters. The maximum Gasteiger partial charge on any atom is 0.315 e. The van der Waals surface area contributed by atoms with Crippen molar-refractivity contribution in [3.63, 3.8) is 0 Å². The molecule has 0 saturated heterocycles. The van der Waals surface area contributed by atoms with Crippen LogP contribution in [-0.4, -0.2) is 35.6 Å². The van der Waals surface area contributed by atoms with Gasteiger partial charge in [0, 0.05) is 19.0 Å². The molecule has 0 bridgehead atoms. The summed E-state index contributed by atoms with van der Waals surface area (Å²) in [6, 6.07) is -0.736. The number of urea groups is 1. The molecule has 1 rings (SSSR count). The molecule has 1 aliphatic carbocycles. The largest absolute Gasteiger partial charge is 0.481 e. The van der Waals surface area contributed by atoms with E-state index in [0.717, 1.165) is 19.3 Å². The lowest BCUT2D eigenvalue weighted by Gasteiger charge is -2.40. The van der Waals surface area contributed by atoms with E-state index < -0.39 is 17.9 Å². The van der Waals surface area contributed by atoms with E-state index in [1.165, 1.54) is 0 Å². The van der Waals surface area contributed by atoms with E-state index in [9.17, 15) is 14.4 Å². The van der Waals surface area contributed by atoms with Crippen molar-refractivity contribution in [2.75, 3.05) is 6.54 Å². The number of primary amides is 1. The van der Waals surface area contributed by atoms with Crippen molar-refractivity contribution < 1.29 is 19.5 Å². The number of rotatable bonds is 7. The lowest BCUT2D eigenvalue weighted by molar-refractivity contribution is -0.141. The third kappa shape index (κ3) is 5.15. The number of aliphatic carboxylic acids is 1. The smallest absolute Gasteiger partial charge is 0.315 e. The van der Waals surface area contributed by atoms with Crippen LogP contribution in [0, 0.1) is 5.41 Å². The van der Waals surface area contributed by atoms with E-state index in [1.54, 1.807) is 6.92 Å². The highest BCUT2D eigenvalue weighted by atomic mass is 16.4. The highest BCUT2D eigenvalue weighted by Crippen LogP contribution is 2.43. The molecular formula is C12H21N3O4. The van der Waals surface area contributed by atoms with Gasteiger partial charge in [-0.05, 0) is 25.2 Å². The number of carbonyl (C=O) groups excluding carboxylic acids is 2. The van der Waals surface area contributed by atoms with Crippen LogP contribution in [0.3, 0.4) is 0 Å². The van der Waals surface area contributed by atoms with E-state index in [2.05, 4.69) is 10.6 Å². The van der Waals surface area contributed by atoms with E-state index in [-0.39, 0.29) is 24.3 Å². The fourth-order valence-electron chi connectivity index (χ4n) is 2.31. The maximum atomic E-state index is 11.6. The number of carboxylic acids is 1. The molecule has 7 heteroatoms. The SMILES string of the molecule is CC(CC(N)=O)NC(=O)NCC1(CC(=O)O)CCC1. The Morgan fingerprint density at radius 1 is 1.37 bits per heavy atom. The zero-order valence-electron chi connectivity index (χ0n) is 11.1. The van der Waals surface area contributed by atoms with Crippen LogP contribution < -0.4 is 16.4 Å². The lowest BCUT2D eigenvalue weighted by Crippen LogP contribution is -2.48. The summed E-state index contributed by atoms with van der Waals surface area (Å²) in [7, 11) is 0. The van der Waals surface area contributed by atoms with Gasteiger partial charge in [-0.15, -0.1) is 0 Å². The number of carboxylic acid groups (broad SMARTS) is 1. The second-order valence-corrected chi connectivity index (χ2v) is 5.32. The molecular weight excluding hydrogens is 250 g/mol. The fourth-order valence-corrected chi connectivity index (χ4v) is 2.31. The van der Waals surface area contributed by atoms with Crippen LogP contribution in [0.1, 0.15) is 39.0 Å². The summed E-state index contributed by atoms with van der Waals surface area (Å²) in [5.41, 5.74) is 4.71. The van der Waals surface area contributed by atoms with Crippen molar-refractivity contribution in [1.82, 2.24) is 10.6 Å². The number of nitrogens with two attached hydrogens (primary N) is 1. The molecule has 0 spiro atoms. The molecule has 19 heavy (non-hydrogen) atoms. The van der Waals surface area contributed by atoms with Crippen LogP contribution in [-0.2, 0) is 9.59 Å². The highest BCUT2D eigenvalue weighted by Gasteiger charge is 2.39. The molecule has 0 aromatic heterocycles. The molecule has 0 radical (unpaired) electrons. The van der Waals surface area contributed by atoms with Crippen LogP contribution >= 0.6 is 0 Å². The Balaban J connectivity index is 2.32. The van der Waals surface area contributed by atoms with Gasteiger partial charge in [0.15, 0.2) is 0 Å². The van der Waals surface area contributed by atoms with E-state index in [0.29, 0.717) is 6.54 Å². The zero-order chi connectivity index (χ0) is 14.5. The molecule has 0 aromatic rings. The van der Waals surface area contributed by atoms with Gasteiger partial charge in [-0.3, -0.25) is 9.59 Å². The van der Waals surface area contributed by atoms with Gasteiger partial charge in [-0.25, -0.2) is 4.79 Å². The van der Waals surface area contributed by atoms with E-state index in [4.69, 9.17) is 10.8 Å². The number of nitrogens with one attached hydrogen (secondary N) is 2. The molecule has 5 N–H and O–H groups in total. The minimum atomic E-state index is -0.844. The quantitative estimate of drug-likeness (QED) is 0.528. The van der Waals surface area contributed by atoms with Gasteiger partial charge >= 0.3 is 12.0 Å². The first-order chi connectivity index (χ1) is 8.83. The van der Waals surface area contributed by atoms with Crippen molar-refractivity contribution in [3.05, 3.63) is 0 Å². The minimum Gasteiger partial charge on any atom is -0.481 e. The molecule has 7 nitrogen and oxygen atoms in total. The van der Waals surface area contributed by atoms with Gasteiger partial charge in [0.1, 0.15) is 0 Å². The summed E-state index contributed by atoms with van der Waals surface area (Å²) < 4.78 is 0. The number of amides is 3. The monoisotopic (exact) mass is 271 g/mol. The maximum absolute atomic E-state index is 11.6. The first-order valence-corrected chi connectivity index (χ1v) is 6.37. The Morgan fingerprint density at radius 3 is 2.42 bits per heavy atom. The van der Waals surface area contributed by atoms with Crippen LogP contribution in [0.25, 0.3) is 0 Å². The summed E-state index contributed by atoms with van der Waals surface area (Å²) in [5, 5.41) is 14.1. The van der Waals surface area contributed by atoms with E-state index >= 15 is 0 Å². The molecule has 0 aromatic carbocycles. The van der Waals surface area contributed by atoms with Gasteiger partial charge in [0.2, 0.25) is 5.91 Å². The van der Waals surface area contributed by atoms with Crippen molar-refractivity contribution in [3.8, 4) is 0 Å². The number of hydrogen-bond acceptors (Lipinski definition) is 3. The predicted octanol–water partition coefficient (Wildman–Crippen LogP) is 0.195. The third-order valence-electron chi connectivity index (χ3n) is 3.45. The average molecular weight is 271 g/mol. The summed E-state index contributed by atoms with van der Waals surface area (Å²) in [6.45, 7) is 2.02. The van der Waals surface area contributed by atoms with Gasteiger partial charge in [0.25, 0.3) is 0 Å². The topological polar surface area (TPSA) is 122 Å². The van der Waals surface area contributed by atoms with Crippen molar-refractivity contribution >= 4 is 17.9 Å². The molecule has 1 aliphatic rings. The number of hydrogen-bond donors (Lipinski definition) is 4. The van der Waals surface area contributed by atoms with Gasteiger partial charge in [-0.1, -0.05) is 6.42 Å². The molecule has 3 amide bonds. The normalized spacial score (nSPS) is 17.9. The second-order valence-electron chi connectivity index (χ2n) is 5.32. The summed E-state index contributed by atoms with van der Waals surface area (Å²) in [6.07, 6.45) is 2.78. The van der Waals surface area contributed by atoms with Crippen molar-refractivity contribution in [1.29, 1.82) is 0 Å². The predicted molar refractivity (Wildman–Crippen MR) is 68.3 cm³/mol. The first-order valence-electron chi connectivity index (χ1n) is 6.37. The average Bonchev–Trinajstić information content (AvgIpc) is 2.19. The second kappa shape index (κ2) is 6.40. The Morgan fingerprint density at radius 2 is 2.00 bits per heavy atom. The minimum absolute atomic E-state index is 0.0735. The summed E-state index contributed by atoms with van der Waals surface area (Å²) in [5.74, 6) is -1.32. The third-order valence-corrected chi connectivity index (χ3v) is 3.45. The zero-order valence-corrected chi connectivity index (χ0v) is 11.1. The molecule has 0 aliphatic heterocycles. The Labute approximate surface area is 111 Å². The van der Waals surface area contributed by atoms with Crippen molar-refractivity contribution in [2.45, 2.75) is 45.1 Å². The molecule has 0 heterocycles. The summed E-state index contributed by atoms with van der Waals surface area (Å²) in [4.78, 5) is 33.0. The molecule has 1 saturated carbocycles. The summed E-state index contributed by atoms with van der Waals surface area (Å²) >= 11 is 0. The highest BCUT2D eigenvalue weighted by molar-refractivity contribution is 5.77. The van der Waals surface area contributed by atoms with Crippen LogP contribution in [0.5, 0.6) is 0 Å². The Kier molecular flexibility index (Phi) is 5.14. The number of carbonyl (C=O) groups is 3. The molecule has 108 valence electrons. The fraction of sp³-hybridized carbons (Fsp3) is 0.750. The first kappa shape index (κ1) is 15.3. The lowest BCUT2D eigenvalue weighted by atomic mass is 9.66. The Hall–Kier alpha value is -1.79. The van der Waals surface area contributed by atoms with Gasteiger partial charge in [0.05, 0.1) is 6.42 Å². The van der Waals surface area contributed by atoms with Gasteiger partial charge in [-0.2, -0.15) is 0 Å². The van der Waals surface area contributed by atoms with Gasteiger partial charge < -0.3 is 21.5 Å². The van der Waals surface area contributed by atoms with E-state index in [1.807, 2.05) is 0 Å². The standard InChI is InChI=1S/C12H21N3O4/c1-8(5-9(13)16)15-11(19)14-7-12(3-2-4-12)6-10(17)18/h8H,2-7H2,1H3,(H2,13,16)(H,17,18)(H2,14,15,19). The molecule has 1 fully saturated rings. The van der Waals surface area contributed by atoms with Crippen LogP contribution in [0.2, 0.25) is 0 Å². The molecule has 1 unspecified atom stereocenters. The van der Waals surface area contributed by atoms with Crippen molar-refractivity contribution in [2.24, 2.45) is 11.1 Å². The Bertz CT molecular complexity index is 366. The van der Waals surface area contributed by atoms with Crippen LogP contribution in [0.15, 0.2) is 0 Å². The van der Waals surface area contributed by atoms with Crippen LogP contribution in [0.4, 0.5) is 4.79 Å².